The Morgan fingerprint density at radius 1 is 1.30 bits per heavy atom. The normalized spacial score (nSPS) is 15.9. The molecule has 0 bridgehead atoms. The molecule has 2 unspecified atom stereocenters. The molecule has 2 atom stereocenters. The first-order valence-corrected chi connectivity index (χ1v) is 7.38. The summed E-state index contributed by atoms with van der Waals surface area (Å²) in [6, 6.07) is 2.92. The number of alkyl halides is 3. The molecule has 0 fully saturated rings. The van der Waals surface area contributed by atoms with Gasteiger partial charge in [0, 0.05) is 6.04 Å². The van der Waals surface area contributed by atoms with Crippen molar-refractivity contribution < 1.29 is 26.7 Å². The van der Waals surface area contributed by atoms with E-state index in [0.717, 1.165) is 18.2 Å². The summed E-state index contributed by atoms with van der Waals surface area (Å²) in [5.74, 6) is 0. The van der Waals surface area contributed by atoms with Crippen LogP contribution in [0, 0.1) is 0 Å². The highest BCUT2D eigenvalue weighted by Gasteiger charge is 2.31. The summed E-state index contributed by atoms with van der Waals surface area (Å²) in [6.45, 7) is 3.02. The Bertz CT molecular complexity index is 555. The van der Waals surface area contributed by atoms with E-state index in [9.17, 15) is 21.6 Å². The molecule has 20 heavy (non-hydrogen) atoms. The zero-order chi connectivity index (χ0) is 15.6. The fourth-order valence-electron chi connectivity index (χ4n) is 1.73. The van der Waals surface area contributed by atoms with E-state index >= 15 is 0 Å². The van der Waals surface area contributed by atoms with Crippen molar-refractivity contribution in [1.29, 1.82) is 0 Å². The van der Waals surface area contributed by atoms with Gasteiger partial charge in [-0.2, -0.15) is 13.2 Å². The number of aliphatic hydroxyl groups excluding tert-OH is 1. The Balaban J connectivity index is 2.99. The van der Waals surface area contributed by atoms with Gasteiger partial charge in [-0.1, -0.05) is 6.07 Å². The minimum atomic E-state index is -4.60. The third kappa shape index (κ3) is 4.77. The van der Waals surface area contributed by atoms with Crippen LogP contribution in [0.4, 0.5) is 13.2 Å². The van der Waals surface area contributed by atoms with Gasteiger partial charge in [-0.15, -0.1) is 0 Å². The van der Waals surface area contributed by atoms with Gasteiger partial charge in [-0.3, -0.25) is 0 Å². The van der Waals surface area contributed by atoms with Crippen molar-refractivity contribution in [3.63, 3.8) is 0 Å². The van der Waals surface area contributed by atoms with E-state index in [0.29, 0.717) is 6.07 Å². The Kier molecular flexibility index (Phi) is 5.17. The summed E-state index contributed by atoms with van der Waals surface area (Å²) >= 11 is 0. The van der Waals surface area contributed by atoms with Gasteiger partial charge in [-0.25, -0.2) is 13.1 Å². The minimum absolute atomic E-state index is 0.165. The molecule has 0 aromatic heterocycles. The second kappa shape index (κ2) is 6.11. The van der Waals surface area contributed by atoms with E-state index in [1.54, 1.807) is 0 Å². The van der Waals surface area contributed by atoms with Crippen molar-refractivity contribution in [2.45, 2.75) is 43.5 Å². The molecular formula is C12H16F3NO3S. The van der Waals surface area contributed by atoms with E-state index < -0.39 is 38.8 Å². The monoisotopic (exact) mass is 311 g/mol. The summed E-state index contributed by atoms with van der Waals surface area (Å²) in [4.78, 5) is -0.454. The lowest BCUT2D eigenvalue weighted by molar-refractivity contribution is -0.137. The number of benzene rings is 1. The van der Waals surface area contributed by atoms with E-state index in [2.05, 4.69) is 4.72 Å². The molecular weight excluding hydrogens is 295 g/mol. The molecule has 1 aromatic carbocycles. The standard InChI is InChI=1S/C12H16F3NO3S/c1-8(6-9(2)17)16-20(18,19)11-5-3-4-10(7-11)12(13,14)15/h3-5,7-9,16-17H,6H2,1-2H3. The third-order valence-electron chi connectivity index (χ3n) is 2.52. The fraction of sp³-hybridized carbons (Fsp3) is 0.500. The second-order valence-corrected chi connectivity index (χ2v) is 6.35. The number of sulfonamides is 1. The summed E-state index contributed by atoms with van der Waals surface area (Å²) in [7, 11) is -4.05. The highest BCUT2D eigenvalue weighted by atomic mass is 32.2. The Morgan fingerprint density at radius 2 is 1.90 bits per heavy atom. The first kappa shape index (κ1) is 16.9. The molecule has 8 heteroatoms. The quantitative estimate of drug-likeness (QED) is 0.875. The molecule has 0 saturated carbocycles. The second-order valence-electron chi connectivity index (χ2n) is 4.63. The van der Waals surface area contributed by atoms with Crippen molar-refractivity contribution >= 4 is 10.0 Å². The fourth-order valence-corrected chi connectivity index (χ4v) is 3.03. The van der Waals surface area contributed by atoms with Gasteiger partial charge < -0.3 is 5.11 Å². The zero-order valence-electron chi connectivity index (χ0n) is 11.0. The molecule has 0 aliphatic heterocycles. The number of aliphatic hydroxyl groups is 1. The van der Waals surface area contributed by atoms with Gasteiger partial charge in [0.1, 0.15) is 0 Å². The third-order valence-corrected chi connectivity index (χ3v) is 4.11. The van der Waals surface area contributed by atoms with E-state index in [1.807, 2.05) is 0 Å². The highest BCUT2D eigenvalue weighted by Crippen LogP contribution is 2.30. The minimum Gasteiger partial charge on any atom is -0.393 e. The maximum Gasteiger partial charge on any atom is 0.416 e. The molecule has 0 amide bonds. The van der Waals surface area contributed by atoms with Crippen molar-refractivity contribution in [2.75, 3.05) is 0 Å². The van der Waals surface area contributed by atoms with Gasteiger partial charge in [0.25, 0.3) is 0 Å². The van der Waals surface area contributed by atoms with Gasteiger partial charge in [0.05, 0.1) is 16.6 Å². The number of halogens is 3. The van der Waals surface area contributed by atoms with Gasteiger partial charge in [0.2, 0.25) is 10.0 Å². The molecule has 0 aliphatic carbocycles. The summed E-state index contributed by atoms with van der Waals surface area (Å²) in [5.41, 5.74) is -1.02. The van der Waals surface area contributed by atoms with Crippen LogP contribution in [-0.4, -0.2) is 25.7 Å². The summed E-state index contributed by atoms with van der Waals surface area (Å²) in [5, 5.41) is 9.16. The molecule has 0 heterocycles. The summed E-state index contributed by atoms with van der Waals surface area (Å²) < 4.78 is 63.7. The molecule has 0 aliphatic rings. The Labute approximate surface area is 115 Å². The Hall–Kier alpha value is -1.12. The van der Waals surface area contributed by atoms with Crippen molar-refractivity contribution in [2.24, 2.45) is 0 Å². The lowest BCUT2D eigenvalue weighted by atomic mass is 10.2. The summed E-state index contributed by atoms with van der Waals surface area (Å²) in [6.07, 6.45) is -5.15. The van der Waals surface area contributed by atoms with Crippen LogP contribution >= 0.6 is 0 Å². The maximum absolute atomic E-state index is 12.5. The van der Waals surface area contributed by atoms with Crippen LogP contribution in [0.15, 0.2) is 29.2 Å². The molecule has 0 spiro atoms. The highest BCUT2D eigenvalue weighted by molar-refractivity contribution is 7.89. The van der Waals surface area contributed by atoms with Crippen molar-refractivity contribution in [3.8, 4) is 0 Å². The Morgan fingerprint density at radius 3 is 2.40 bits per heavy atom. The largest absolute Gasteiger partial charge is 0.416 e. The average Bonchev–Trinajstić information content (AvgIpc) is 2.26. The lowest BCUT2D eigenvalue weighted by Crippen LogP contribution is -2.34. The molecule has 114 valence electrons. The SMILES string of the molecule is CC(O)CC(C)NS(=O)(=O)c1cccc(C(F)(F)F)c1. The molecule has 2 N–H and O–H groups in total. The number of hydrogen-bond acceptors (Lipinski definition) is 3. The predicted molar refractivity (Wildman–Crippen MR) is 67.5 cm³/mol. The van der Waals surface area contributed by atoms with Crippen LogP contribution in [0.25, 0.3) is 0 Å². The van der Waals surface area contributed by atoms with Gasteiger partial charge >= 0.3 is 6.18 Å². The molecule has 1 aromatic rings. The van der Waals surface area contributed by atoms with Crippen LogP contribution < -0.4 is 4.72 Å². The molecule has 1 rings (SSSR count). The van der Waals surface area contributed by atoms with E-state index in [-0.39, 0.29) is 6.42 Å². The van der Waals surface area contributed by atoms with Gasteiger partial charge in [-0.05, 0) is 38.5 Å². The smallest absolute Gasteiger partial charge is 0.393 e. The molecule has 0 saturated heterocycles. The van der Waals surface area contributed by atoms with Crippen LogP contribution in [0.5, 0.6) is 0 Å². The van der Waals surface area contributed by atoms with E-state index in [1.165, 1.54) is 13.8 Å². The van der Waals surface area contributed by atoms with Crippen LogP contribution in [-0.2, 0) is 16.2 Å². The van der Waals surface area contributed by atoms with Crippen LogP contribution in [0.1, 0.15) is 25.8 Å². The molecule has 0 radical (unpaired) electrons. The van der Waals surface area contributed by atoms with Gasteiger partial charge in [0.15, 0.2) is 0 Å². The average molecular weight is 311 g/mol. The lowest BCUT2D eigenvalue weighted by Gasteiger charge is -2.16. The van der Waals surface area contributed by atoms with Crippen molar-refractivity contribution in [3.05, 3.63) is 29.8 Å². The van der Waals surface area contributed by atoms with Crippen molar-refractivity contribution in [1.82, 2.24) is 4.72 Å². The number of hydrogen-bond donors (Lipinski definition) is 2. The maximum atomic E-state index is 12.5. The topological polar surface area (TPSA) is 66.4 Å². The predicted octanol–water partition coefficient (Wildman–Crippen LogP) is 2.14. The number of nitrogens with one attached hydrogen (secondary N) is 1. The molecule has 4 nitrogen and oxygen atoms in total. The first-order chi connectivity index (χ1) is 9.02. The van der Waals surface area contributed by atoms with E-state index in [4.69, 9.17) is 5.11 Å². The zero-order valence-corrected chi connectivity index (χ0v) is 11.8. The van der Waals surface area contributed by atoms with Crippen LogP contribution in [0.2, 0.25) is 0 Å². The number of rotatable bonds is 5. The van der Waals surface area contributed by atoms with Crippen LogP contribution in [0.3, 0.4) is 0 Å². The first-order valence-electron chi connectivity index (χ1n) is 5.90.